The zero-order chi connectivity index (χ0) is 19.4. The fourth-order valence-corrected chi connectivity index (χ4v) is 3.12. The Morgan fingerprint density at radius 3 is 2.33 bits per heavy atom. The van der Waals surface area contributed by atoms with E-state index < -0.39 is 10.0 Å². The van der Waals surface area contributed by atoms with Crippen LogP contribution >= 0.6 is 24.0 Å². The summed E-state index contributed by atoms with van der Waals surface area (Å²) in [5.74, 6) is 1.18. The molecule has 0 radical (unpaired) electrons. The van der Waals surface area contributed by atoms with Crippen molar-refractivity contribution >= 4 is 40.0 Å². The highest BCUT2D eigenvalue weighted by atomic mass is 127. The normalized spacial score (nSPS) is 12.0. The zero-order valence-electron chi connectivity index (χ0n) is 16.6. The van der Waals surface area contributed by atoms with Crippen LogP contribution in [0.3, 0.4) is 0 Å². The standard InChI is InChI=1S/C18H32N4O3S.HI/c1-15(2)14-25-13-5-10-20-18(19-4)21-11-12-22-26(23,24)17-8-6-16(3)7-9-17;/h6-9,15,22H,5,10-14H2,1-4H3,(H2,19,20,21);1H. The highest BCUT2D eigenvalue weighted by molar-refractivity contribution is 14.0. The van der Waals surface area contributed by atoms with Gasteiger partial charge in [0.25, 0.3) is 0 Å². The second-order valence-corrected chi connectivity index (χ2v) is 8.23. The summed E-state index contributed by atoms with van der Waals surface area (Å²) in [6.07, 6.45) is 0.882. The molecule has 1 aromatic rings. The molecule has 3 N–H and O–H groups in total. The van der Waals surface area contributed by atoms with E-state index in [9.17, 15) is 8.42 Å². The van der Waals surface area contributed by atoms with E-state index in [0.29, 0.717) is 25.0 Å². The van der Waals surface area contributed by atoms with Gasteiger partial charge in [-0.05, 0) is 31.4 Å². The Labute approximate surface area is 180 Å². The summed E-state index contributed by atoms with van der Waals surface area (Å²) in [4.78, 5) is 4.38. The number of ether oxygens (including phenoxy) is 1. The Morgan fingerprint density at radius 1 is 1.11 bits per heavy atom. The summed E-state index contributed by atoms with van der Waals surface area (Å²) >= 11 is 0. The van der Waals surface area contributed by atoms with Gasteiger partial charge in [-0.3, -0.25) is 4.99 Å². The first-order chi connectivity index (χ1) is 12.3. The van der Waals surface area contributed by atoms with E-state index in [0.717, 1.165) is 25.1 Å². The van der Waals surface area contributed by atoms with E-state index in [1.807, 2.05) is 6.92 Å². The number of nitrogens with one attached hydrogen (secondary N) is 3. The van der Waals surface area contributed by atoms with Crippen molar-refractivity contribution in [1.82, 2.24) is 15.4 Å². The summed E-state index contributed by atoms with van der Waals surface area (Å²) in [6, 6.07) is 6.77. The van der Waals surface area contributed by atoms with Gasteiger partial charge in [-0.1, -0.05) is 31.5 Å². The maximum atomic E-state index is 12.2. The quantitative estimate of drug-likeness (QED) is 0.183. The summed E-state index contributed by atoms with van der Waals surface area (Å²) < 4.78 is 32.5. The number of aliphatic imine (C=N–C) groups is 1. The molecular weight excluding hydrogens is 479 g/mol. The van der Waals surface area contributed by atoms with Crippen LogP contribution in [0.4, 0.5) is 0 Å². The minimum Gasteiger partial charge on any atom is -0.381 e. The minimum absolute atomic E-state index is 0. The number of halogens is 1. The topological polar surface area (TPSA) is 91.8 Å². The summed E-state index contributed by atoms with van der Waals surface area (Å²) in [6.45, 7) is 9.10. The predicted octanol–water partition coefficient (Wildman–Crippen LogP) is 2.12. The third kappa shape index (κ3) is 11.5. The molecule has 0 aliphatic carbocycles. The number of benzene rings is 1. The molecule has 0 atom stereocenters. The Kier molecular flexibility index (Phi) is 13.7. The van der Waals surface area contributed by atoms with Gasteiger partial charge < -0.3 is 15.4 Å². The van der Waals surface area contributed by atoms with Gasteiger partial charge in [-0.15, -0.1) is 24.0 Å². The number of sulfonamides is 1. The minimum atomic E-state index is -3.48. The van der Waals surface area contributed by atoms with Gasteiger partial charge in [0.15, 0.2) is 5.96 Å². The number of rotatable bonds is 11. The number of hydrogen-bond acceptors (Lipinski definition) is 4. The average Bonchev–Trinajstić information content (AvgIpc) is 2.59. The Bertz CT molecular complexity index is 649. The van der Waals surface area contributed by atoms with Crippen molar-refractivity contribution in [1.29, 1.82) is 0 Å². The van der Waals surface area contributed by atoms with Crippen LogP contribution in [-0.2, 0) is 14.8 Å². The van der Waals surface area contributed by atoms with E-state index in [1.54, 1.807) is 31.3 Å². The maximum absolute atomic E-state index is 12.2. The van der Waals surface area contributed by atoms with E-state index >= 15 is 0 Å². The molecule has 0 unspecified atom stereocenters. The number of aryl methyl sites for hydroxylation is 1. The lowest BCUT2D eigenvalue weighted by atomic mass is 10.2. The predicted molar refractivity (Wildman–Crippen MR) is 121 cm³/mol. The monoisotopic (exact) mass is 512 g/mol. The van der Waals surface area contributed by atoms with E-state index in [-0.39, 0.29) is 35.4 Å². The van der Waals surface area contributed by atoms with Crippen molar-refractivity contribution in [2.75, 3.05) is 39.9 Å². The smallest absolute Gasteiger partial charge is 0.240 e. The molecule has 0 bridgehead atoms. The number of nitrogens with zero attached hydrogens (tertiary/aromatic N) is 1. The van der Waals surface area contributed by atoms with Gasteiger partial charge in [0.2, 0.25) is 10.0 Å². The molecule has 0 fully saturated rings. The lowest BCUT2D eigenvalue weighted by Crippen LogP contribution is -2.42. The van der Waals surface area contributed by atoms with Gasteiger partial charge in [0.05, 0.1) is 4.90 Å². The van der Waals surface area contributed by atoms with Gasteiger partial charge >= 0.3 is 0 Å². The molecule has 0 aliphatic rings. The second kappa shape index (κ2) is 14.1. The molecule has 1 rings (SSSR count). The van der Waals surface area contributed by atoms with E-state index in [1.165, 1.54) is 0 Å². The zero-order valence-corrected chi connectivity index (χ0v) is 19.8. The summed E-state index contributed by atoms with van der Waals surface area (Å²) in [5, 5.41) is 6.26. The third-order valence-electron chi connectivity index (χ3n) is 3.47. The highest BCUT2D eigenvalue weighted by Crippen LogP contribution is 2.09. The van der Waals surface area contributed by atoms with Gasteiger partial charge in [0.1, 0.15) is 0 Å². The van der Waals surface area contributed by atoms with Crippen LogP contribution in [0.25, 0.3) is 0 Å². The molecule has 27 heavy (non-hydrogen) atoms. The molecule has 0 aliphatic heterocycles. The van der Waals surface area contributed by atoms with Crippen molar-refractivity contribution in [3.05, 3.63) is 29.8 Å². The first-order valence-corrected chi connectivity index (χ1v) is 10.4. The molecule has 7 nitrogen and oxygen atoms in total. The Balaban J connectivity index is 0.00000676. The molecule has 0 saturated heterocycles. The van der Waals surface area contributed by atoms with Crippen molar-refractivity contribution in [3.63, 3.8) is 0 Å². The van der Waals surface area contributed by atoms with Crippen LogP contribution in [0.1, 0.15) is 25.8 Å². The first-order valence-electron chi connectivity index (χ1n) is 8.93. The lowest BCUT2D eigenvalue weighted by molar-refractivity contribution is 0.108. The van der Waals surface area contributed by atoms with Gasteiger partial charge in [0, 0.05) is 39.9 Å². The van der Waals surface area contributed by atoms with Crippen molar-refractivity contribution in [2.45, 2.75) is 32.1 Å². The second-order valence-electron chi connectivity index (χ2n) is 6.46. The van der Waals surface area contributed by atoms with Crippen molar-refractivity contribution in [2.24, 2.45) is 10.9 Å². The Hall–Kier alpha value is -0.910. The molecule has 1 aromatic carbocycles. The number of guanidine groups is 1. The molecule has 0 spiro atoms. The number of hydrogen-bond donors (Lipinski definition) is 3. The van der Waals surface area contributed by atoms with Crippen molar-refractivity contribution < 1.29 is 13.2 Å². The fraction of sp³-hybridized carbons (Fsp3) is 0.611. The summed E-state index contributed by atoms with van der Waals surface area (Å²) in [7, 11) is -1.80. The van der Waals surface area contributed by atoms with Crippen LogP contribution in [0.15, 0.2) is 34.2 Å². The van der Waals surface area contributed by atoms with Crippen LogP contribution < -0.4 is 15.4 Å². The van der Waals surface area contributed by atoms with Crippen LogP contribution in [0, 0.1) is 12.8 Å². The van der Waals surface area contributed by atoms with Gasteiger partial charge in [-0.25, -0.2) is 13.1 Å². The third-order valence-corrected chi connectivity index (χ3v) is 4.95. The molecule has 0 heterocycles. The molecule has 0 aromatic heterocycles. The molecule has 0 amide bonds. The molecule has 156 valence electrons. The van der Waals surface area contributed by atoms with Crippen LogP contribution in [0.5, 0.6) is 0 Å². The lowest BCUT2D eigenvalue weighted by Gasteiger charge is -2.13. The largest absolute Gasteiger partial charge is 0.381 e. The molecular formula is C18H33IN4O3S. The van der Waals surface area contributed by atoms with Crippen molar-refractivity contribution in [3.8, 4) is 0 Å². The molecule has 9 heteroatoms. The average molecular weight is 512 g/mol. The molecule has 0 saturated carbocycles. The Morgan fingerprint density at radius 2 is 1.74 bits per heavy atom. The maximum Gasteiger partial charge on any atom is 0.240 e. The highest BCUT2D eigenvalue weighted by Gasteiger charge is 2.12. The van der Waals surface area contributed by atoms with E-state index in [4.69, 9.17) is 4.74 Å². The van der Waals surface area contributed by atoms with Crippen LogP contribution in [0.2, 0.25) is 0 Å². The van der Waals surface area contributed by atoms with Gasteiger partial charge in [-0.2, -0.15) is 0 Å². The fourth-order valence-electron chi connectivity index (χ4n) is 2.09. The first kappa shape index (κ1) is 26.1. The summed E-state index contributed by atoms with van der Waals surface area (Å²) in [5.41, 5.74) is 1.02. The van der Waals surface area contributed by atoms with Crippen LogP contribution in [-0.4, -0.2) is 54.3 Å². The van der Waals surface area contributed by atoms with E-state index in [2.05, 4.69) is 34.2 Å². The SMILES string of the molecule is CN=C(NCCCOCC(C)C)NCCNS(=O)(=O)c1ccc(C)cc1.I.